The summed E-state index contributed by atoms with van der Waals surface area (Å²) in [7, 11) is 0. The fourth-order valence-electron chi connectivity index (χ4n) is 3.63. The third-order valence-corrected chi connectivity index (χ3v) is 6.12. The van der Waals surface area contributed by atoms with Gasteiger partial charge in [0, 0.05) is 27.1 Å². The lowest BCUT2D eigenvalue weighted by atomic mass is 10.1. The number of halogens is 2. The maximum absolute atomic E-state index is 13.2. The largest absolute Gasteiger partial charge is 0.347 e. The van der Waals surface area contributed by atoms with Crippen LogP contribution < -0.4 is 16.1 Å². The van der Waals surface area contributed by atoms with Crippen LogP contribution in [0.15, 0.2) is 77.3 Å². The number of aryl methyl sites for hydroxylation is 1. The summed E-state index contributed by atoms with van der Waals surface area (Å²) in [6, 6.07) is 21.7. The number of anilines is 1. The summed E-state index contributed by atoms with van der Waals surface area (Å²) in [5, 5.41) is 6.59. The van der Waals surface area contributed by atoms with Crippen LogP contribution in [0, 0.1) is 6.92 Å². The summed E-state index contributed by atoms with van der Waals surface area (Å²) in [5.74, 6) is -2.14. The third kappa shape index (κ3) is 5.90. The molecule has 1 aromatic heterocycles. The SMILES string of the molecule is Cc1cc(Br)ccc1NC(=O)c1cc2cc(Cl)ccc2n1NC(=O)C(=O)NCCc1ccccc1. The number of aromatic nitrogens is 1. The number of fused-ring (bicyclic) bond motifs is 1. The first-order chi connectivity index (χ1) is 16.8. The Labute approximate surface area is 215 Å². The molecule has 0 saturated carbocycles. The molecule has 0 aliphatic heterocycles. The molecule has 0 spiro atoms. The van der Waals surface area contributed by atoms with Crippen LogP contribution in [0.1, 0.15) is 21.6 Å². The highest BCUT2D eigenvalue weighted by Crippen LogP contribution is 2.25. The number of carbonyl (C=O) groups excluding carboxylic acids is 3. The maximum Gasteiger partial charge on any atom is 0.328 e. The molecule has 0 unspecified atom stereocenters. The molecule has 9 heteroatoms. The quantitative estimate of drug-likeness (QED) is 0.292. The van der Waals surface area contributed by atoms with E-state index in [1.807, 2.05) is 49.4 Å². The number of hydrogen-bond donors (Lipinski definition) is 3. The Balaban J connectivity index is 1.53. The number of nitrogens with zero attached hydrogens (tertiary/aromatic N) is 1. The van der Waals surface area contributed by atoms with E-state index in [1.165, 1.54) is 4.68 Å². The van der Waals surface area contributed by atoms with Gasteiger partial charge in [0.1, 0.15) is 5.69 Å². The smallest absolute Gasteiger partial charge is 0.328 e. The van der Waals surface area contributed by atoms with Crippen molar-refractivity contribution in [2.45, 2.75) is 13.3 Å². The van der Waals surface area contributed by atoms with E-state index in [2.05, 4.69) is 32.0 Å². The molecule has 7 nitrogen and oxygen atoms in total. The zero-order valence-electron chi connectivity index (χ0n) is 18.8. The molecular formula is C26H22BrClN4O3. The number of carbonyl (C=O) groups is 3. The van der Waals surface area contributed by atoms with E-state index in [9.17, 15) is 14.4 Å². The normalized spacial score (nSPS) is 10.7. The Bertz CT molecular complexity index is 1420. The van der Waals surface area contributed by atoms with Crippen molar-refractivity contribution in [3.8, 4) is 0 Å². The number of rotatable bonds is 6. The first-order valence-electron chi connectivity index (χ1n) is 10.8. The van der Waals surface area contributed by atoms with Gasteiger partial charge in [-0.2, -0.15) is 0 Å². The average molecular weight is 554 g/mol. The Morgan fingerprint density at radius 3 is 2.46 bits per heavy atom. The summed E-state index contributed by atoms with van der Waals surface area (Å²) >= 11 is 9.53. The number of nitrogens with one attached hydrogen (secondary N) is 3. The summed E-state index contributed by atoms with van der Waals surface area (Å²) < 4.78 is 2.19. The first-order valence-corrected chi connectivity index (χ1v) is 12.0. The van der Waals surface area contributed by atoms with Crippen LogP contribution in [-0.4, -0.2) is 28.9 Å². The Morgan fingerprint density at radius 1 is 0.943 bits per heavy atom. The van der Waals surface area contributed by atoms with Gasteiger partial charge in [0.2, 0.25) is 0 Å². The van der Waals surface area contributed by atoms with E-state index < -0.39 is 17.7 Å². The predicted molar refractivity (Wildman–Crippen MR) is 141 cm³/mol. The molecule has 0 radical (unpaired) electrons. The Kier molecular flexibility index (Phi) is 7.53. The minimum absolute atomic E-state index is 0.148. The van der Waals surface area contributed by atoms with Crippen molar-refractivity contribution in [3.63, 3.8) is 0 Å². The second-order valence-corrected chi connectivity index (χ2v) is 9.27. The minimum Gasteiger partial charge on any atom is -0.347 e. The van der Waals surface area contributed by atoms with E-state index >= 15 is 0 Å². The molecule has 0 aliphatic rings. The zero-order chi connectivity index (χ0) is 24.9. The second kappa shape index (κ2) is 10.8. The first kappa shape index (κ1) is 24.5. The number of benzene rings is 3. The van der Waals surface area contributed by atoms with Crippen LogP contribution in [0.2, 0.25) is 5.02 Å². The summed E-state index contributed by atoms with van der Waals surface area (Å²) in [4.78, 5) is 38.3. The monoisotopic (exact) mass is 552 g/mol. The molecular weight excluding hydrogens is 532 g/mol. The van der Waals surface area contributed by atoms with Crippen molar-refractivity contribution >= 4 is 61.8 Å². The van der Waals surface area contributed by atoms with Crippen LogP contribution in [-0.2, 0) is 16.0 Å². The van der Waals surface area contributed by atoms with E-state index in [0.717, 1.165) is 15.6 Å². The van der Waals surface area contributed by atoms with Gasteiger partial charge in [-0.3, -0.25) is 19.8 Å². The maximum atomic E-state index is 13.2. The molecule has 4 rings (SSSR count). The molecule has 0 saturated heterocycles. The number of hydrogen-bond acceptors (Lipinski definition) is 3. The van der Waals surface area contributed by atoms with Gasteiger partial charge >= 0.3 is 11.8 Å². The number of amides is 3. The van der Waals surface area contributed by atoms with E-state index in [0.29, 0.717) is 34.6 Å². The van der Waals surface area contributed by atoms with Crippen LogP contribution in [0.3, 0.4) is 0 Å². The molecule has 4 aromatic rings. The van der Waals surface area contributed by atoms with Crippen LogP contribution in [0.5, 0.6) is 0 Å². The average Bonchev–Trinajstić information content (AvgIpc) is 3.18. The summed E-state index contributed by atoms with van der Waals surface area (Å²) in [6.45, 7) is 2.17. The lowest BCUT2D eigenvalue weighted by Crippen LogP contribution is -2.40. The van der Waals surface area contributed by atoms with Gasteiger partial charge in [-0.25, -0.2) is 4.68 Å². The van der Waals surface area contributed by atoms with E-state index in [1.54, 1.807) is 30.3 Å². The lowest BCUT2D eigenvalue weighted by molar-refractivity contribution is -0.136. The van der Waals surface area contributed by atoms with Gasteiger partial charge in [0.25, 0.3) is 5.91 Å². The minimum atomic E-state index is -0.889. The molecule has 3 N–H and O–H groups in total. The molecule has 35 heavy (non-hydrogen) atoms. The van der Waals surface area contributed by atoms with Crippen molar-refractivity contribution in [1.29, 1.82) is 0 Å². The van der Waals surface area contributed by atoms with Crippen molar-refractivity contribution in [2.75, 3.05) is 17.3 Å². The summed E-state index contributed by atoms with van der Waals surface area (Å²) in [5.41, 5.74) is 5.75. The van der Waals surface area contributed by atoms with Crippen LogP contribution >= 0.6 is 27.5 Å². The highest BCUT2D eigenvalue weighted by atomic mass is 79.9. The highest BCUT2D eigenvalue weighted by Gasteiger charge is 2.21. The summed E-state index contributed by atoms with van der Waals surface area (Å²) in [6.07, 6.45) is 0.588. The highest BCUT2D eigenvalue weighted by molar-refractivity contribution is 9.10. The Hall–Kier alpha value is -3.62. The van der Waals surface area contributed by atoms with Crippen LogP contribution in [0.4, 0.5) is 5.69 Å². The van der Waals surface area contributed by atoms with Gasteiger partial charge < -0.3 is 10.6 Å². The molecule has 3 aromatic carbocycles. The van der Waals surface area contributed by atoms with Crippen molar-refractivity contribution in [1.82, 2.24) is 9.99 Å². The van der Waals surface area contributed by atoms with Crippen molar-refractivity contribution < 1.29 is 14.4 Å². The van der Waals surface area contributed by atoms with Gasteiger partial charge in [-0.15, -0.1) is 0 Å². The fourth-order valence-corrected chi connectivity index (χ4v) is 4.28. The molecule has 0 atom stereocenters. The predicted octanol–water partition coefficient (Wildman–Crippen LogP) is 5.05. The molecule has 0 bridgehead atoms. The van der Waals surface area contributed by atoms with Gasteiger partial charge in [0.05, 0.1) is 5.52 Å². The molecule has 178 valence electrons. The second-order valence-electron chi connectivity index (χ2n) is 7.91. The standard InChI is InChI=1S/C26H22BrClN4O3/c1-16-13-19(27)7-9-21(16)30-24(33)23-15-18-14-20(28)8-10-22(18)32(23)31-26(35)25(34)29-12-11-17-5-3-2-4-6-17/h2-10,13-15H,11-12H2,1H3,(H,29,34)(H,30,33)(H,31,35). The third-order valence-electron chi connectivity index (χ3n) is 5.39. The van der Waals surface area contributed by atoms with E-state index in [-0.39, 0.29) is 5.69 Å². The van der Waals surface area contributed by atoms with Crippen molar-refractivity contribution in [2.24, 2.45) is 0 Å². The van der Waals surface area contributed by atoms with Crippen molar-refractivity contribution in [3.05, 3.63) is 99.1 Å². The Morgan fingerprint density at radius 2 is 1.71 bits per heavy atom. The van der Waals surface area contributed by atoms with Gasteiger partial charge in [0.15, 0.2) is 0 Å². The van der Waals surface area contributed by atoms with Crippen LogP contribution in [0.25, 0.3) is 10.9 Å². The topological polar surface area (TPSA) is 92.2 Å². The molecule has 0 aliphatic carbocycles. The lowest BCUT2D eigenvalue weighted by Gasteiger charge is -2.13. The van der Waals surface area contributed by atoms with Gasteiger partial charge in [-0.05, 0) is 66.9 Å². The van der Waals surface area contributed by atoms with Gasteiger partial charge in [-0.1, -0.05) is 57.9 Å². The molecule has 1 heterocycles. The molecule has 0 fully saturated rings. The van der Waals surface area contributed by atoms with E-state index in [4.69, 9.17) is 11.6 Å². The fraction of sp³-hybridized carbons (Fsp3) is 0.115. The molecule has 3 amide bonds. The zero-order valence-corrected chi connectivity index (χ0v) is 21.1.